The first-order valence-electron chi connectivity index (χ1n) is 1.40. The summed E-state index contributed by atoms with van der Waals surface area (Å²) in [6, 6.07) is 0. The van der Waals surface area contributed by atoms with Gasteiger partial charge in [-0.05, 0) is 0 Å². The molecular weight excluding hydrogens is 398 g/mol. The summed E-state index contributed by atoms with van der Waals surface area (Å²) >= 11 is 0. The molecule has 0 aliphatic rings. The summed E-state index contributed by atoms with van der Waals surface area (Å²) in [4.78, 5) is 0. The fraction of sp³-hybridized carbons (Fsp3) is 0. The van der Waals surface area contributed by atoms with Crippen molar-refractivity contribution in [3.8, 4) is 0 Å². The van der Waals surface area contributed by atoms with Crippen LogP contribution in [0.5, 0.6) is 0 Å². The molecule has 0 unspecified atom stereocenters. The van der Waals surface area contributed by atoms with Crippen LogP contribution >= 0.6 is 0 Å². The zero-order valence-electron chi connectivity index (χ0n) is 13.2. The van der Waals surface area contributed by atoms with Crippen LogP contribution < -0.4 is 59.1 Å². The summed E-state index contributed by atoms with van der Waals surface area (Å²) in [6.45, 7) is 0. The monoisotopic (exact) mass is 424 g/mol. The Balaban J connectivity index is -0.00000000241. The van der Waals surface area contributed by atoms with Crippen LogP contribution in [-0.2, 0) is 20.8 Å². The van der Waals surface area contributed by atoms with Gasteiger partial charge in [0.15, 0.2) is 0 Å². The molecule has 0 heterocycles. The van der Waals surface area contributed by atoms with Gasteiger partial charge in [0, 0.05) is 0 Å². The van der Waals surface area contributed by atoms with E-state index in [-0.39, 0.29) is 117 Å². The van der Waals surface area contributed by atoms with Crippen molar-refractivity contribution in [3.05, 3.63) is 0 Å². The molecule has 0 aliphatic carbocycles. The van der Waals surface area contributed by atoms with E-state index in [0.717, 1.165) is 0 Å². The standard InChI is InChI=1S/2Na.2H2O4S.10H2O.2H/c;;2*1-5(2,3)4;;;;;;;;;;;;/h;;2*(H2,1,2,3,4);10*1H2;;/q2*+1;;;;;;;;;;;;;2*-1. The van der Waals surface area contributed by atoms with Crippen molar-refractivity contribution in [1.29, 1.82) is 0 Å². The third-order valence-corrected chi connectivity index (χ3v) is 0. The molecule has 0 saturated heterocycles. The van der Waals surface area contributed by atoms with E-state index in [0.29, 0.717) is 0 Å². The molecule has 0 amide bonds. The van der Waals surface area contributed by atoms with Crippen molar-refractivity contribution in [2.45, 2.75) is 0 Å². The summed E-state index contributed by atoms with van der Waals surface area (Å²) in [7, 11) is -9.33. The minimum atomic E-state index is -4.67. The number of hydrogen-bond donors (Lipinski definition) is 4. The Morgan fingerprint density at radius 3 is 0.409 bits per heavy atom. The van der Waals surface area contributed by atoms with Gasteiger partial charge in [-0.15, -0.1) is 0 Å². The van der Waals surface area contributed by atoms with Gasteiger partial charge in [0.05, 0.1) is 0 Å². The van der Waals surface area contributed by atoms with E-state index in [1.807, 2.05) is 0 Å². The second-order valence-electron chi connectivity index (χ2n) is 0.896. The smallest absolute Gasteiger partial charge is 1.00 e. The zero-order chi connectivity index (χ0) is 9.00. The Kier molecular flexibility index (Phi) is 347. The van der Waals surface area contributed by atoms with Crippen molar-refractivity contribution in [2.24, 2.45) is 0 Å². The van der Waals surface area contributed by atoms with Gasteiger partial charge < -0.3 is 57.6 Å². The van der Waals surface area contributed by atoms with Gasteiger partial charge in [-0.3, -0.25) is 18.2 Å². The normalized spacial score (nSPS) is 5.27. The Morgan fingerprint density at radius 2 is 0.409 bits per heavy atom. The average molecular weight is 424 g/mol. The summed E-state index contributed by atoms with van der Waals surface area (Å²) < 4.78 is 63.2. The topological polar surface area (TPSA) is 464 Å². The van der Waals surface area contributed by atoms with Crippen LogP contribution in [0, 0.1) is 0 Å². The fourth-order valence-corrected chi connectivity index (χ4v) is 0. The molecule has 0 radical (unpaired) electrons. The van der Waals surface area contributed by atoms with Gasteiger partial charge >= 0.3 is 79.9 Å². The Labute approximate surface area is 171 Å². The van der Waals surface area contributed by atoms with E-state index in [4.69, 9.17) is 35.0 Å². The van der Waals surface area contributed by atoms with Gasteiger partial charge in [0.25, 0.3) is 0 Å². The Hall–Kier alpha value is 1.34. The summed E-state index contributed by atoms with van der Waals surface area (Å²) in [6.07, 6.45) is 0. The first-order chi connectivity index (χ1) is 4.00. The molecule has 0 atom stereocenters. The molecule has 0 aromatic heterocycles. The maximum absolute atomic E-state index is 8.74. The number of hydrogen-bond acceptors (Lipinski definition) is 4. The molecule has 0 spiro atoms. The predicted octanol–water partition coefficient (Wildman–Crippen LogP) is -15.3. The maximum Gasteiger partial charge on any atom is 1.00 e. The van der Waals surface area contributed by atoms with Crippen LogP contribution in [0.15, 0.2) is 0 Å². The van der Waals surface area contributed by atoms with Crippen LogP contribution in [0.4, 0.5) is 0 Å². The first-order valence-corrected chi connectivity index (χ1v) is 4.19. The minimum absolute atomic E-state index is 0. The molecule has 18 nitrogen and oxygen atoms in total. The molecule has 22 heavy (non-hydrogen) atoms. The molecule has 0 aromatic rings. The van der Waals surface area contributed by atoms with Gasteiger partial charge in [0.2, 0.25) is 0 Å². The molecule has 0 bridgehead atoms. The second-order valence-corrected chi connectivity index (χ2v) is 2.69. The molecule has 0 aliphatic heterocycles. The zero-order valence-corrected chi connectivity index (χ0v) is 16.9. The molecule has 0 fully saturated rings. The maximum atomic E-state index is 8.74. The SMILES string of the molecule is O.O.O.O.O.O.O.O.O.O.O=S(=O)(O)O.O=S(=O)(O)O.[H-].[H-].[Na+].[Na+]. The van der Waals surface area contributed by atoms with Crippen LogP contribution in [-0.4, -0.2) is 89.8 Å². The molecule has 24 N–H and O–H groups in total. The molecule has 0 rings (SSSR count). The van der Waals surface area contributed by atoms with Crippen molar-refractivity contribution in [3.63, 3.8) is 0 Å². The first kappa shape index (κ1) is 134. The molecule has 148 valence electrons. The van der Waals surface area contributed by atoms with E-state index < -0.39 is 20.8 Å². The molecular formula is H26Na2O18S2. The molecule has 0 saturated carbocycles. The largest absolute Gasteiger partial charge is 1.00 e. The van der Waals surface area contributed by atoms with E-state index in [1.54, 1.807) is 0 Å². The molecule has 22 heteroatoms. The third kappa shape index (κ3) is 4920. The summed E-state index contributed by atoms with van der Waals surface area (Å²) in [5.41, 5.74) is 0. The summed E-state index contributed by atoms with van der Waals surface area (Å²) in [5.74, 6) is 0. The summed E-state index contributed by atoms with van der Waals surface area (Å²) in [5, 5.41) is 0. The van der Waals surface area contributed by atoms with Crippen molar-refractivity contribution in [2.75, 3.05) is 0 Å². The van der Waals surface area contributed by atoms with Crippen LogP contribution in [0.25, 0.3) is 0 Å². The van der Waals surface area contributed by atoms with E-state index >= 15 is 0 Å². The quantitative estimate of drug-likeness (QED) is 0.213. The van der Waals surface area contributed by atoms with Crippen molar-refractivity contribution < 1.29 is 152 Å². The van der Waals surface area contributed by atoms with Gasteiger partial charge in [-0.2, -0.15) is 16.8 Å². The van der Waals surface area contributed by atoms with E-state index in [9.17, 15) is 0 Å². The van der Waals surface area contributed by atoms with Crippen molar-refractivity contribution >= 4 is 20.8 Å². The van der Waals surface area contributed by atoms with Crippen molar-refractivity contribution in [1.82, 2.24) is 0 Å². The van der Waals surface area contributed by atoms with Crippen LogP contribution in [0.1, 0.15) is 2.85 Å². The van der Waals surface area contributed by atoms with Crippen LogP contribution in [0.3, 0.4) is 0 Å². The fourth-order valence-electron chi connectivity index (χ4n) is 0. The van der Waals surface area contributed by atoms with E-state index in [2.05, 4.69) is 0 Å². The predicted molar refractivity (Wildman–Crippen MR) is 66.7 cm³/mol. The second kappa shape index (κ2) is 57.2. The Morgan fingerprint density at radius 1 is 0.409 bits per heavy atom. The van der Waals surface area contributed by atoms with Crippen LogP contribution in [0.2, 0.25) is 0 Å². The number of rotatable bonds is 0. The van der Waals surface area contributed by atoms with Gasteiger partial charge in [-0.25, -0.2) is 0 Å². The third-order valence-electron chi connectivity index (χ3n) is 0. The minimum Gasteiger partial charge on any atom is -1.00 e. The van der Waals surface area contributed by atoms with Gasteiger partial charge in [0.1, 0.15) is 0 Å². The molecule has 0 aromatic carbocycles. The van der Waals surface area contributed by atoms with Gasteiger partial charge in [-0.1, -0.05) is 0 Å². The van der Waals surface area contributed by atoms with E-state index in [1.165, 1.54) is 0 Å². The average Bonchev–Trinajstić information content (AvgIpc) is 1.12. The Bertz CT molecular complexity index is 225.